The fraction of sp³-hybridized carbons (Fsp3) is 0.583. The number of nitrogens with zero attached hydrogens (tertiary/aromatic N) is 1. The Hall–Kier alpha value is -1.14. The summed E-state index contributed by atoms with van der Waals surface area (Å²) in [4.78, 5) is 4.29. The average Bonchev–Trinajstić information content (AvgIpc) is 3.13. The standard InChI is InChI=1S/C12H19N3O2S/c1-3-13-12-11(5-4-8-14-12)18(16,17)15-9(2)10-6-7-10/h4-5,8-10,15H,3,6-7H2,1-2H3,(H,13,14). The molecule has 1 aromatic rings. The average molecular weight is 269 g/mol. The molecule has 0 aliphatic heterocycles. The first-order valence-electron chi connectivity index (χ1n) is 6.26. The Kier molecular flexibility index (Phi) is 3.87. The zero-order chi connectivity index (χ0) is 13.2. The molecule has 18 heavy (non-hydrogen) atoms. The Bertz CT molecular complexity index is 512. The maximum absolute atomic E-state index is 12.3. The van der Waals surface area contributed by atoms with Gasteiger partial charge in [0.2, 0.25) is 10.0 Å². The molecule has 0 amide bonds. The highest BCUT2D eigenvalue weighted by Crippen LogP contribution is 2.33. The molecule has 1 unspecified atom stereocenters. The Morgan fingerprint density at radius 3 is 2.83 bits per heavy atom. The van der Waals surface area contributed by atoms with Crippen LogP contribution in [-0.4, -0.2) is 26.0 Å². The molecule has 2 rings (SSSR count). The van der Waals surface area contributed by atoms with E-state index in [2.05, 4.69) is 15.0 Å². The minimum Gasteiger partial charge on any atom is -0.369 e. The highest BCUT2D eigenvalue weighted by Gasteiger charge is 2.32. The molecule has 1 aromatic heterocycles. The molecular weight excluding hydrogens is 250 g/mol. The van der Waals surface area contributed by atoms with Crippen LogP contribution in [0, 0.1) is 5.92 Å². The predicted octanol–water partition coefficient (Wildman–Crippen LogP) is 1.59. The predicted molar refractivity (Wildman–Crippen MR) is 70.9 cm³/mol. The molecule has 0 bridgehead atoms. The Labute approximate surface area is 108 Å². The molecule has 0 saturated heterocycles. The van der Waals surface area contributed by atoms with Crippen LogP contribution in [0.4, 0.5) is 5.82 Å². The summed E-state index contributed by atoms with van der Waals surface area (Å²) in [6.45, 7) is 4.46. The summed E-state index contributed by atoms with van der Waals surface area (Å²) < 4.78 is 27.3. The van der Waals surface area contributed by atoms with Crippen LogP contribution in [0.25, 0.3) is 0 Å². The van der Waals surface area contributed by atoms with Gasteiger partial charge in [0.25, 0.3) is 0 Å². The van der Waals surface area contributed by atoms with Gasteiger partial charge in [0.1, 0.15) is 10.7 Å². The number of rotatable bonds is 6. The highest BCUT2D eigenvalue weighted by molar-refractivity contribution is 7.89. The summed E-state index contributed by atoms with van der Waals surface area (Å²) in [5.41, 5.74) is 0. The molecule has 1 atom stereocenters. The van der Waals surface area contributed by atoms with E-state index in [1.807, 2.05) is 13.8 Å². The lowest BCUT2D eigenvalue weighted by atomic mass is 10.2. The Morgan fingerprint density at radius 2 is 2.22 bits per heavy atom. The van der Waals surface area contributed by atoms with E-state index >= 15 is 0 Å². The first-order chi connectivity index (χ1) is 8.54. The van der Waals surface area contributed by atoms with Crippen LogP contribution < -0.4 is 10.0 Å². The summed E-state index contributed by atoms with van der Waals surface area (Å²) >= 11 is 0. The van der Waals surface area contributed by atoms with Crippen LogP contribution in [-0.2, 0) is 10.0 Å². The molecule has 2 N–H and O–H groups in total. The molecule has 1 fully saturated rings. The minimum absolute atomic E-state index is 0.00955. The molecular formula is C12H19N3O2S. The second-order valence-electron chi connectivity index (χ2n) is 4.63. The maximum atomic E-state index is 12.3. The van der Waals surface area contributed by atoms with Crippen LogP contribution in [0.1, 0.15) is 26.7 Å². The zero-order valence-electron chi connectivity index (χ0n) is 10.7. The van der Waals surface area contributed by atoms with Crippen molar-refractivity contribution < 1.29 is 8.42 Å². The summed E-state index contributed by atoms with van der Waals surface area (Å²) in [6, 6.07) is 3.20. The van der Waals surface area contributed by atoms with Crippen molar-refractivity contribution >= 4 is 15.8 Å². The zero-order valence-corrected chi connectivity index (χ0v) is 11.5. The van der Waals surface area contributed by atoms with Gasteiger partial charge in [-0.05, 0) is 44.7 Å². The number of nitrogens with one attached hydrogen (secondary N) is 2. The van der Waals surface area contributed by atoms with Gasteiger partial charge in [-0.3, -0.25) is 0 Å². The molecule has 1 saturated carbocycles. The fourth-order valence-electron chi connectivity index (χ4n) is 1.91. The smallest absolute Gasteiger partial charge is 0.244 e. The highest BCUT2D eigenvalue weighted by atomic mass is 32.2. The third kappa shape index (κ3) is 3.00. The summed E-state index contributed by atoms with van der Waals surface area (Å²) in [6.07, 6.45) is 3.80. The third-order valence-corrected chi connectivity index (χ3v) is 4.67. The van der Waals surface area contributed by atoms with E-state index in [0.717, 1.165) is 12.8 Å². The van der Waals surface area contributed by atoms with E-state index in [0.29, 0.717) is 18.3 Å². The van der Waals surface area contributed by atoms with Gasteiger partial charge in [-0.15, -0.1) is 0 Å². The first-order valence-corrected chi connectivity index (χ1v) is 7.74. The SMILES string of the molecule is CCNc1ncccc1S(=O)(=O)NC(C)C1CC1. The lowest BCUT2D eigenvalue weighted by Crippen LogP contribution is -2.34. The van der Waals surface area contributed by atoms with Crippen molar-refractivity contribution in [3.63, 3.8) is 0 Å². The number of hydrogen-bond donors (Lipinski definition) is 2. The number of anilines is 1. The van der Waals surface area contributed by atoms with E-state index in [1.54, 1.807) is 18.3 Å². The van der Waals surface area contributed by atoms with Gasteiger partial charge in [-0.1, -0.05) is 0 Å². The van der Waals surface area contributed by atoms with Gasteiger partial charge >= 0.3 is 0 Å². The van der Waals surface area contributed by atoms with Crippen LogP contribution >= 0.6 is 0 Å². The van der Waals surface area contributed by atoms with E-state index in [4.69, 9.17) is 0 Å². The molecule has 0 radical (unpaired) electrons. The Morgan fingerprint density at radius 1 is 1.50 bits per heavy atom. The normalized spacial score (nSPS) is 17.4. The quantitative estimate of drug-likeness (QED) is 0.822. The second kappa shape index (κ2) is 5.24. The minimum atomic E-state index is -3.49. The van der Waals surface area contributed by atoms with Gasteiger partial charge in [0.15, 0.2) is 0 Å². The van der Waals surface area contributed by atoms with Gasteiger partial charge < -0.3 is 5.32 Å². The van der Waals surface area contributed by atoms with Crippen molar-refractivity contribution in [2.45, 2.75) is 37.6 Å². The molecule has 1 aliphatic rings. The van der Waals surface area contributed by atoms with E-state index < -0.39 is 10.0 Å². The summed E-state index contributed by atoms with van der Waals surface area (Å²) in [7, 11) is -3.49. The van der Waals surface area contributed by atoms with Crippen molar-refractivity contribution in [3.05, 3.63) is 18.3 Å². The molecule has 5 nitrogen and oxygen atoms in total. The van der Waals surface area contributed by atoms with E-state index in [-0.39, 0.29) is 10.9 Å². The molecule has 1 aliphatic carbocycles. The topological polar surface area (TPSA) is 71.1 Å². The molecule has 6 heteroatoms. The largest absolute Gasteiger partial charge is 0.369 e. The van der Waals surface area contributed by atoms with Crippen LogP contribution in [0.3, 0.4) is 0 Å². The fourth-order valence-corrected chi connectivity index (χ4v) is 3.35. The van der Waals surface area contributed by atoms with E-state index in [9.17, 15) is 8.42 Å². The number of sulfonamides is 1. The van der Waals surface area contributed by atoms with Crippen molar-refractivity contribution in [2.24, 2.45) is 5.92 Å². The maximum Gasteiger partial charge on any atom is 0.244 e. The number of hydrogen-bond acceptors (Lipinski definition) is 4. The van der Waals surface area contributed by atoms with Crippen molar-refractivity contribution in [2.75, 3.05) is 11.9 Å². The summed E-state index contributed by atoms with van der Waals surface area (Å²) in [5, 5.41) is 2.97. The van der Waals surface area contributed by atoms with Crippen molar-refractivity contribution in [1.82, 2.24) is 9.71 Å². The van der Waals surface area contributed by atoms with Gasteiger partial charge in [0.05, 0.1) is 0 Å². The number of pyridine rings is 1. The third-order valence-electron chi connectivity index (χ3n) is 3.07. The molecule has 0 aromatic carbocycles. The molecule has 0 spiro atoms. The van der Waals surface area contributed by atoms with Crippen molar-refractivity contribution in [1.29, 1.82) is 0 Å². The van der Waals surface area contributed by atoms with Gasteiger partial charge in [-0.2, -0.15) is 0 Å². The summed E-state index contributed by atoms with van der Waals surface area (Å²) in [5.74, 6) is 0.898. The second-order valence-corrected chi connectivity index (χ2v) is 6.31. The van der Waals surface area contributed by atoms with Crippen molar-refractivity contribution in [3.8, 4) is 0 Å². The van der Waals surface area contributed by atoms with Crippen LogP contribution in [0.15, 0.2) is 23.2 Å². The lowest BCUT2D eigenvalue weighted by Gasteiger charge is -2.15. The Balaban J connectivity index is 2.22. The monoisotopic (exact) mass is 269 g/mol. The number of aromatic nitrogens is 1. The molecule has 1 heterocycles. The van der Waals surface area contributed by atoms with Gasteiger partial charge in [-0.25, -0.2) is 18.1 Å². The van der Waals surface area contributed by atoms with Crippen LogP contribution in [0.5, 0.6) is 0 Å². The van der Waals surface area contributed by atoms with Crippen LogP contribution in [0.2, 0.25) is 0 Å². The lowest BCUT2D eigenvalue weighted by molar-refractivity contribution is 0.538. The first kappa shape index (κ1) is 13.3. The molecule has 100 valence electrons. The van der Waals surface area contributed by atoms with Gasteiger partial charge in [0, 0.05) is 18.8 Å². The van der Waals surface area contributed by atoms with E-state index in [1.165, 1.54) is 0 Å².